The normalized spacial score (nSPS) is 11.7. The lowest BCUT2D eigenvalue weighted by Crippen LogP contribution is -2.03. The van der Waals surface area contributed by atoms with Gasteiger partial charge >= 0.3 is 0 Å². The van der Waals surface area contributed by atoms with Gasteiger partial charge in [-0.15, -0.1) is 0 Å². The summed E-state index contributed by atoms with van der Waals surface area (Å²) in [6.45, 7) is 0. The van der Waals surface area contributed by atoms with Crippen LogP contribution in [0.2, 0.25) is 0 Å². The van der Waals surface area contributed by atoms with E-state index in [0.29, 0.717) is 5.82 Å². The number of para-hydroxylation sites is 1. The van der Waals surface area contributed by atoms with Crippen LogP contribution >= 0.6 is 0 Å². The van der Waals surface area contributed by atoms with Crippen molar-refractivity contribution in [1.29, 1.82) is 0 Å². The molecule has 3 heteroatoms. The Balaban J connectivity index is 1.49. The lowest BCUT2D eigenvalue weighted by molar-refractivity contribution is 1.05. The van der Waals surface area contributed by atoms with Gasteiger partial charge in [-0.2, -0.15) is 0 Å². The Labute approximate surface area is 248 Å². The van der Waals surface area contributed by atoms with E-state index in [1.807, 2.05) is 24.3 Å². The molecule has 2 heterocycles. The monoisotopic (exact) mass is 547 g/mol. The van der Waals surface area contributed by atoms with E-state index in [1.165, 1.54) is 43.1 Å². The fraction of sp³-hybridized carbons (Fsp3) is 0. The highest BCUT2D eigenvalue weighted by atomic mass is 15.1. The van der Waals surface area contributed by atoms with Crippen LogP contribution in [-0.2, 0) is 0 Å². The predicted molar refractivity (Wildman–Crippen MR) is 180 cm³/mol. The highest BCUT2D eigenvalue weighted by Gasteiger charge is 2.21. The highest BCUT2D eigenvalue weighted by molar-refractivity contribution is 6.36. The van der Waals surface area contributed by atoms with E-state index in [0.717, 1.165) is 33.7 Å². The third kappa shape index (κ3) is 3.62. The van der Waals surface area contributed by atoms with Crippen LogP contribution in [0.25, 0.3) is 82.6 Å². The minimum Gasteiger partial charge on any atom is -0.293 e. The third-order valence-corrected chi connectivity index (χ3v) is 8.57. The Hall–Kier alpha value is -5.80. The van der Waals surface area contributed by atoms with Gasteiger partial charge in [-0.1, -0.05) is 140 Å². The van der Waals surface area contributed by atoms with Gasteiger partial charge < -0.3 is 0 Å². The molecule has 3 nitrogen and oxygen atoms in total. The molecule has 0 aliphatic heterocycles. The zero-order valence-corrected chi connectivity index (χ0v) is 23.3. The van der Waals surface area contributed by atoms with Crippen LogP contribution in [-0.4, -0.2) is 14.5 Å². The van der Waals surface area contributed by atoms with Gasteiger partial charge in [0.25, 0.3) is 0 Å². The van der Waals surface area contributed by atoms with Crippen LogP contribution in [0.1, 0.15) is 0 Å². The van der Waals surface area contributed by atoms with Crippen molar-refractivity contribution in [2.45, 2.75) is 0 Å². The number of hydrogen-bond donors (Lipinski definition) is 0. The van der Waals surface area contributed by atoms with E-state index in [1.54, 1.807) is 0 Å². The molecule has 9 aromatic rings. The molecule has 0 saturated carbocycles. The standard InChI is InChI=1S/C40H25N3/c1-3-14-27(15-4-1)34-25-36(42-40(41-34)28-16-5-2-6-17-28)43-35-22-12-11-21-32(35)38-33-24-23-26-13-7-8-18-29(26)37(33)30-19-9-10-20-31(30)39(38)43/h1-25H. The number of rotatable bonds is 3. The van der Waals surface area contributed by atoms with Gasteiger partial charge in [0.05, 0.1) is 16.7 Å². The zero-order valence-electron chi connectivity index (χ0n) is 23.3. The molecule has 0 atom stereocenters. The Morgan fingerprint density at radius 3 is 1.84 bits per heavy atom. The molecular formula is C40H25N3. The van der Waals surface area contributed by atoms with Gasteiger partial charge in [0.15, 0.2) is 5.82 Å². The second-order valence-electron chi connectivity index (χ2n) is 11.0. The predicted octanol–water partition coefficient (Wildman–Crippen LogP) is 10.4. The van der Waals surface area contributed by atoms with Crippen LogP contribution in [0.5, 0.6) is 0 Å². The lowest BCUT2D eigenvalue weighted by Gasteiger charge is -2.15. The van der Waals surface area contributed by atoms with Crippen LogP contribution in [0.15, 0.2) is 152 Å². The number of aromatic nitrogens is 3. The van der Waals surface area contributed by atoms with Crippen molar-refractivity contribution < 1.29 is 0 Å². The lowest BCUT2D eigenvalue weighted by atomic mass is 9.93. The molecule has 0 bridgehead atoms. The summed E-state index contributed by atoms with van der Waals surface area (Å²) in [5.41, 5.74) is 5.23. The molecule has 0 saturated heterocycles. The number of fused-ring (bicyclic) bond motifs is 10. The summed E-state index contributed by atoms with van der Waals surface area (Å²) >= 11 is 0. The SMILES string of the molecule is c1ccc(-c2cc(-n3c4ccccc4c4c5ccc6ccccc6c5c5ccccc5c43)nc(-c3ccccc3)n2)cc1. The van der Waals surface area contributed by atoms with Gasteiger partial charge in [-0.3, -0.25) is 4.57 Å². The molecule has 0 unspecified atom stereocenters. The first kappa shape index (κ1) is 23.9. The molecule has 7 aromatic carbocycles. The maximum absolute atomic E-state index is 5.26. The van der Waals surface area contributed by atoms with Crippen molar-refractivity contribution in [2.75, 3.05) is 0 Å². The van der Waals surface area contributed by atoms with Gasteiger partial charge in [0, 0.05) is 33.4 Å². The summed E-state index contributed by atoms with van der Waals surface area (Å²) < 4.78 is 2.35. The van der Waals surface area contributed by atoms with Gasteiger partial charge in [0.2, 0.25) is 0 Å². The summed E-state index contributed by atoms with van der Waals surface area (Å²) in [4.78, 5) is 10.3. The molecule has 200 valence electrons. The van der Waals surface area contributed by atoms with E-state index >= 15 is 0 Å². The molecule has 0 amide bonds. The Morgan fingerprint density at radius 2 is 1.05 bits per heavy atom. The number of hydrogen-bond acceptors (Lipinski definition) is 2. The number of nitrogens with zero attached hydrogens (tertiary/aromatic N) is 3. The second kappa shape index (κ2) is 9.37. The van der Waals surface area contributed by atoms with E-state index in [4.69, 9.17) is 9.97 Å². The molecule has 0 spiro atoms. The summed E-state index contributed by atoms with van der Waals surface area (Å²) in [6, 6.07) is 53.6. The van der Waals surface area contributed by atoms with Crippen LogP contribution in [0.4, 0.5) is 0 Å². The van der Waals surface area contributed by atoms with Gasteiger partial charge in [-0.25, -0.2) is 9.97 Å². The first-order chi connectivity index (χ1) is 21.3. The zero-order chi connectivity index (χ0) is 28.3. The first-order valence-electron chi connectivity index (χ1n) is 14.6. The Bertz CT molecular complexity index is 2440. The van der Waals surface area contributed by atoms with Crippen molar-refractivity contribution >= 4 is 54.1 Å². The molecule has 9 rings (SSSR count). The first-order valence-corrected chi connectivity index (χ1v) is 14.6. The topological polar surface area (TPSA) is 30.7 Å². The molecule has 0 aliphatic carbocycles. The maximum Gasteiger partial charge on any atom is 0.162 e. The summed E-state index contributed by atoms with van der Waals surface area (Å²) in [6.07, 6.45) is 0. The van der Waals surface area contributed by atoms with Crippen LogP contribution < -0.4 is 0 Å². The number of benzene rings is 7. The van der Waals surface area contributed by atoms with Crippen LogP contribution in [0, 0.1) is 0 Å². The quantitative estimate of drug-likeness (QED) is 0.206. The van der Waals surface area contributed by atoms with Gasteiger partial charge in [0.1, 0.15) is 5.82 Å². The molecule has 0 N–H and O–H groups in total. The van der Waals surface area contributed by atoms with Crippen molar-refractivity contribution in [3.8, 4) is 28.5 Å². The molecule has 0 aliphatic rings. The third-order valence-electron chi connectivity index (χ3n) is 8.57. The highest BCUT2D eigenvalue weighted by Crippen LogP contribution is 2.44. The molecule has 2 aromatic heterocycles. The largest absolute Gasteiger partial charge is 0.293 e. The maximum atomic E-state index is 5.26. The van der Waals surface area contributed by atoms with E-state index in [9.17, 15) is 0 Å². The summed E-state index contributed by atoms with van der Waals surface area (Å²) in [5, 5.41) is 9.98. The van der Waals surface area contributed by atoms with Crippen molar-refractivity contribution in [3.63, 3.8) is 0 Å². The molecule has 43 heavy (non-hydrogen) atoms. The van der Waals surface area contributed by atoms with E-state index < -0.39 is 0 Å². The molecule has 0 fully saturated rings. The minimum atomic E-state index is 0.707. The molecule has 0 radical (unpaired) electrons. The van der Waals surface area contributed by atoms with E-state index in [-0.39, 0.29) is 0 Å². The summed E-state index contributed by atoms with van der Waals surface area (Å²) in [7, 11) is 0. The van der Waals surface area contributed by atoms with Crippen molar-refractivity contribution in [1.82, 2.24) is 14.5 Å². The second-order valence-corrected chi connectivity index (χ2v) is 11.0. The fourth-order valence-electron chi connectivity index (χ4n) is 6.71. The van der Waals surface area contributed by atoms with E-state index in [2.05, 4.69) is 132 Å². The van der Waals surface area contributed by atoms with Crippen molar-refractivity contribution in [3.05, 3.63) is 152 Å². The van der Waals surface area contributed by atoms with Crippen LogP contribution in [0.3, 0.4) is 0 Å². The average molecular weight is 548 g/mol. The fourth-order valence-corrected chi connectivity index (χ4v) is 6.71. The van der Waals surface area contributed by atoms with Crippen molar-refractivity contribution in [2.24, 2.45) is 0 Å². The summed E-state index contributed by atoms with van der Waals surface area (Å²) in [5.74, 6) is 1.56. The Kier molecular flexibility index (Phi) is 5.20. The van der Waals surface area contributed by atoms with Gasteiger partial charge in [-0.05, 0) is 33.0 Å². The molecular weight excluding hydrogens is 522 g/mol. The Morgan fingerprint density at radius 1 is 0.419 bits per heavy atom. The minimum absolute atomic E-state index is 0.707. The average Bonchev–Trinajstić information content (AvgIpc) is 3.44. The smallest absolute Gasteiger partial charge is 0.162 e.